The van der Waals surface area contributed by atoms with Crippen LogP contribution in [0.2, 0.25) is 0 Å². The average Bonchev–Trinajstić information content (AvgIpc) is 2.63. The van der Waals surface area contributed by atoms with Crippen LogP contribution in [0.3, 0.4) is 0 Å². The first kappa shape index (κ1) is 12.3. The van der Waals surface area contributed by atoms with Crippen LogP contribution in [0, 0.1) is 5.41 Å². The Balaban J connectivity index is 2.74. The molecule has 0 N–H and O–H groups in total. The molecule has 3 nitrogen and oxygen atoms in total. The first-order valence-electron chi connectivity index (χ1n) is 5.03. The van der Waals surface area contributed by atoms with Crippen LogP contribution in [0.25, 0.3) is 0 Å². The Morgan fingerprint density at radius 3 is 2.29 bits per heavy atom. The van der Waals surface area contributed by atoms with Crippen LogP contribution < -0.4 is 0 Å². The molecule has 1 aliphatic rings. The molecule has 0 spiro atoms. The van der Waals surface area contributed by atoms with Crippen molar-refractivity contribution < 1.29 is 8.42 Å². The summed E-state index contributed by atoms with van der Waals surface area (Å²) in [4.78, 5) is 0. The van der Waals surface area contributed by atoms with Gasteiger partial charge in [-0.2, -0.15) is 0 Å². The maximum Gasteiger partial charge on any atom is 0.228 e. The molecule has 14 heavy (non-hydrogen) atoms. The van der Waals surface area contributed by atoms with E-state index in [4.69, 9.17) is 11.6 Å². The molecule has 0 aromatic rings. The van der Waals surface area contributed by atoms with Gasteiger partial charge in [-0.05, 0) is 24.7 Å². The van der Waals surface area contributed by atoms with Crippen LogP contribution in [0.1, 0.15) is 33.1 Å². The van der Waals surface area contributed by atoms with Crippen molar-refractivity contribution in [1.29, 1.82) is 0 Å². The number of alkyl halides is 1. The maximum atomic E-state index is 11.5. The molecule has 1 fully saturated rings. The quantitative estimate of drug-likeness (QED) is 0.704. The van der Waals surface area contributed by atoms with E-state index in [1.807, 2.05) is 0 Å². The fourth-order valence-electron chi connectivity index (χ4n) is 2.03. The third-order valence-corrected chi connectivity index (χ3v) is 5.64. The Hall–Kier alpha value is 0.200. The van der Waals surface area contributed by atoms with Crippen LogP contribution >= 0.6 is 11.6 Å². The van der Waals surface area contributed by atoms with E-state index in [9.17, 15) is 8.42 Å². The summed E-state index contributed by atoms with van der Waals surface area (Å²) in [6.45, 7) is 5.53. The molecule has 0 radical (unpaired) electrons. The number of nitrogens with zero attached hydrogens (tertiary/aromatic N) is 1. The van der Waals surface area contributed by atoms with Crippen molar-refractivity contribution in [1.82, 2.24) is 4.31 Å². The van der Waals surface area contributed by atoms with Crippen molar-refractivity contribution in [3.05, 3.63) is 0 Å². The van der Waals surface area contributed by atoms with Gasteiger partial charge in [0.15, 0.2) is 0 Å². The highest BCUT2D eigenvalue weighted by Crippen LogP contribution is 2.38. The van der Waals surface area contributed by atoms with E-state index in [-0.39, 0.29) is 10.6 Å². The highest BCUT2D eigenvalue weighted by molar-refractivity contribution is 7.90. The number of halogens is 1. The van der Waals surface area contributed by atoms with E-state index in [1.54, 1.807) is 0 Å². The smallest absolute Gasteiger partial charge is 0.211 e. The first-order chi connectivity index (χ1) is 6.49. The zero-order valence-electron chi connectivity index (χ0n) is 8.79. The topological polar surface area (TPSA) is 37.4 Å². The van der Waals surface area contributed by atoms with Crippen molar-refractivity contribution in [2.24, 2.45) is 5.41 Å². The minimum absolute atomic E-state index is 0.194. The highest BCUT2D eigenvalue weighted by atomic mass is 35.5. The van der Waals surface area contributed by atoms with Gasteiger partial charge in [0, 0.05) is 13.1 Å². The molecular formula is C9H18ClNO2S. The third-order valence-electron chi connectivity index (χ3n) is 3.43. The van der Waals surface area contributed by atoms with Crippen LogP contribution in [0.5, 0.6) is 0 Å². The van der Waals surface area contributed by atoms with Gasteiger partial charge in [0.2, 0.25) is 10.0 Å². The van der Waals surface area contributed by atoms with Crippen molar-refractivity contribution in [3.63, 3.8) is 0 Å². The molecule has 1 heterocycles. The third kappa shape index (κ3) is 2.23. The molecule has 0 aliphatic carbocycles. The van der Waals surface area contributed by atoms with Crippen molar-refractivity contribution >= 4 is 21.6 Å². The van der Waals surface area contributed by atoms with E-state index < -0.39 is 10.0 Å². The first-order valence-corrected chi connectivity index (χ1v) is 7.18. The molecule has 0 amide bonds. The maximum absolute atomic E-state index is 11.5. The Morgan fingerprint density at radius 1 is 1.36 bits per heavy atom. The molecular weight excluding hydrogens is 222 g/mol. The van der Waals surface area contributed by atoms with Crippen LogP contribution in [0.4, 0.5) is 0 Å². The molecule has 1 aliphatic heterocycles. The van der Waals surface area contributed by atoms with Gasteiger partial charge in [-0.3, -0.25) is 0 Å². The lowest BCUT2D eigenvalue weighted by atomic mass is 9.82. The molecule has 0 bridgehead atoms. The summed E-state index contributed by atoms with van der Waals surface area (Å²) in [6, 6.07) is 0. The SMILES string of the molecule is CCC1(CC)CCN(S(=O)(=O)CCl)C1. The number of rotatable bonds is 4. The van der Waals surface area contributed by atoms with E-state index in [0.717, 1.165) is 19.3 Å². The van der Waals surface area contributed by atoms with Gasteiger partial charge in [-0.15, -0.1) is 11.6 Å². The average molecular weight is 240 g/mol. The van der Waals surface area contributed by atoms with E-state index in [1.165, 1.54) is 4.31 Å². The summed E-state index contributed by atoms with van der Waals surface area (Å²) in [5.74, 6) is 0. The Labute approximate surface area is 91.5 Å². The fraction of sp³-hybridized carbons (Fsp3) is 1.00. The molecule has 1 rings (SSSR count). The Kier molecular flexibility index (Phi) is 3.83. The zero-order valence-corrected chi connectivity index (χ0v) is 10.4. The van der Waals surface area contributed by atoms with Gasteiger partial charge in [0.05, 0.1) is 0 Å². The number of sulfonamides is 1. The Morgan fingerprint density at radius 2 is 1.93 bits per heavy atom. The summed E-state index contributed by atoms with van der Waals surface area (Å²) < 4.78 is 24.6. The lowest BCUT2D eigenvalue weighted by molar-refractivity contribution is 0.280. The molecule has 0 aromatic carbocycles. The standard InChI is InChI=1S/C9H18ClNO2S/c1-3-9(4-2)5-6-11(7-9)14(12,13)8-10/h3-8H2,1-2H3. The normalized spacial score (nSPS) is 22.8. The fourth-order valence-corrected chi connectivity index (χ4v) is 3.42. The second-order valence-electron chi connectivity index (χ2n) is 4.01. The number of hydrogen-bond acceptors (Lipinski definition) is 2. The van der Waals surface area contributed by atoms with Crippen LogP contribution in [-0.2, 0) is 10.0 Å². The summed E-state index contributed by atoms with van der Waals surface area (Å²) in [5.41, 5.74) is 0.194. The van der Waals surface area contributed by atoms with Gasteiger partial charge in [0.25, 0.3) is 0 Å². The largest absolute Gasteiger partial charge is 0.228 e. The lowest BCUT2D eigenvalue weighted by Gasteiger charge is -2.25. The summed E-state index contributed by atoms with van der Waals surface area (Å²) in [7, 11) is -3.19. The summed E-state index contributed by atoms with van der Waals surface area (Å²) in [6.07, 6.45) is 3.05. The number of hydrogen-bond donors (Lipinski definition) is 0. The van der Waals surface area contributed by atoms with Crippen molar-refractivity contribution in [2.45, 2.75) is 33.1 Å². The minimum atomic E-state index is -3.19. The molecule has 1 saturated heterocycles. The molecule has 0 saturated carbocycles. The minimum Gasteiger partial charge on any atom is -0.211 e. The van der Waals surface area contributed by atoms with Gasteiger partial charge in [0.1, 0.15) is 5.21 Å². The van der Waals surface area contributed by atoms with Crippen LogP contribution in [0.15, 0.2) is 0 Å². The monoisotopic (exact) mass is 239 g/mol. The predicted octanol–water partition coefficient (Wildman–Crippen LogP) is 2.02. The second-order valence-corrected chi connectivity index (χ2v) is 6.56. The molecule has 5 heteroatoms. The van der Waals surface area contributed by atoms with E-state index in [0.29, 0.717) is 13.1 Å². The molecule has 84 valence electrons. The molecule has 0 atom stereocenters. The summed E-state index contributed by atoms with van der Waals surface area (Å²) >= 11 is 5.42. The van der Waals surface area contributed by atoms with Crippen molar-refractivity contribution in [2.75, 3.05) is 18.3 Å². The highest BCUT2D eigenvalue weighted by Gasteiger charge is 2.39. The van der Waals surface area contributed by atoms with Crippen molar-refractivity contribution in [3.8, 4) is 0 Å². The molecule has 0 aromatic heterocycles. The van der Waals surface area contributed by atoms with Gasteiger partial charge < -0.3 is 0 Å². The lowest BCUT2D eigenvalue weighted by Crippen LogP contribution is -2.32. The van der Waals surface area contributed by atoms with Crippen LogP contribution in [-0.4, -0.2) is 31.0 Å². The van der Waals surface area contributed by atoms with E-state index in [2.05, 4.69) is 13.8 Å². The van der Waals surface area contributed by atoms with Gasteiger partial charge in [-0.1, -0.05) is 13.8 Å². The Bertz CT molecular complexity index is 285. The van der Waals surface area contributed by atoms with Gasteiger partial charge in [-0.25, -0.2) is 12.7 Å². The molecule has 0 unspecified atom stereocenters. The summed E-state index contributed by atoms with van der Waals surface area (Å²) in [5, 5.41) is -0.295. The second kappa shape index (κ2) is 4.37. The predicted molar refractivity (Wildman–Crippen MR) is 58.8 cm³/mol. The van der Waals surface area contributed by atoms with E-state index >= 15 is 0 Å². The zero-order chi connectivity index (χ0) is 10.8. The van der Waals surface area contributed by atoms with Gasteiger partial charge >= 0.3 is 0 Å².